The Morgan fingerprint density at radius 3 is 2.92 bits per heavy atom. The van der Waals surface area contributed by atoms with Gasteiger partial charge in [-0.15, -0.1) is 0 Å². The number of hydrogen-bond acceptors (Lipinski definition) is 1. The number of rotatable bonds is 6. The van der Waals surface area contributed by atoms with Crippen molar-refractivity contribution in [3.8, 4) is 0 Å². The van der Waals surface area contributed by atoms with Crippen molar-refractivity contribution < 1.29 is 4.74 Å². The van der Waals surface area contributed by atoms with E-state index in [0.29, 0.717) is 6.10 Å². The van der Waals surface area contributed by atoms with Gasteiger partial charge in [-0.05, 0) is 32.1 Å². The minimum atomic E-state index is 0.593. The third kappa shape index (κ3) is 5.02. The maximum Gasteiger partial charge on any atom is 0.0576 e. The standard InChI is InChI=1S/C11H21BrO/c1-2-10(12)6-3-4-7-11-8-5-9-13-11/h10-11H,2-9H2,1H3. The van der Waals surface area contributed by atoms with Gasteiger partial charge in [0.05, 0.1) is 6.10 Å². The molecule has 78 valence electrons. The number of halogens is 1. The first-order valence-electron chi connectivity index (χ1n) is 5.58. The van der Waals surface area contributed by atoms with Crippen molar-refractivity contribution in [2.45, 2.75) is 62.8 Å². The first-order chi connectivity index (χ1) is 6.33. The van der Waals surface area contributed by atoms with Gasteiger partial charge in [-0.1, -0.05) is 35.7 Å². The normalized spacial score (nSPS) is 24.9. The van der Waals surface area contributed by atoms with Crippen LogP contribution in [0.4, 0.5) is 0 Å². The summed E-state index contributed by atoms with van der Waals surface area (Å²) in [5.41, 5.74) is 0. The van der Waals surface area contributed by atoms with Crippen LogP contribution in [0.3, 0.4) is 0 Å². The largest absolute Gasteiger partial charge is 0.378 e. The molecule has 0 aromatic heterocycles. The summed E-state index contributed by atoms with van der Waals surface area (Å²) < 4.78 is 5.57. The lowest BCUT2D eigenvalue weighted by molar-refractivity contribution is 0.102. The highest BCUT2D eigenvalue weighted by atomic mass is 79.9. The third-order valence-electron chi connectivity index (χ3n) is 2.76. The lowest BCUT2D eigenvalue weighted by Gasteiger charge is -2.09. The van der Waals surface area contributed by atoms with E-state index in [4.69, 9.17) is 4.74 Å². The van der Waals surface area contributed by atoms with E-state index in [2.05, 4.69) is 22.9 Å². The van der Waals surface area contributed by atoms with Crippen LogP contribution in [-0.4, -0.2) is 17.5 Å². The molecular weight excluding hydrogens is 228 g/mol. The summed E-state index contributed by atoms with van der Waals surface area (Å²) in [5, 5.41) is 0. The third-order valence-corrected chi connectivity index (χ3v) is 3.87. The number of unbranched alkanes of at least 4 members (excludes halogenated alkanes) is 1. The van der Waals surface area contributed by atoms with Gasteiger partial charge < -0.3 is 4.74 Å². The number of hydrogen-bond donors (Lipinski definition) is 0. The van der Waals surface area contributed by atoms with E-state index in [1.54, 1.807) is 0 Å². The van der Waals surface area contributed by atoms with Crippen LogP contribution in [0.1, 0.15) is 51.9 Å². The van der Waals surface area contributed by atoms with Crippen molar-refractivity contribution in [1.82, 2.24) is 0 Å². The highest BCUT2D eigenvalue weighted by Crippen LogP contribution is 2.20. The van der Waals surface area contributed by atoms with E-state index in [1.807, 2.05) is 0 Å². The summed E-state index contributed by atoms with van der Waals surface area (Å²) in [7, 11) is 0. The SMILES string of the molecule is CCC(Br)CCCCC1CCCO1. The molecule has 0 bridgehead atoms. The molecule has 2 unspecified atom stereocenters. The molecule has 1 heterocycles. The number of alkyl halides is 1. The summed E-state index contributed by atoms with van der Waals surface area (Å²) >= 11 is 3.66. The van der Waals surface area contributed by atoms with Crippen LogP contribution in [0, 0.1) is 0 Å². The molecular formula is C11H21BrO. The van der Waals surface area contributed by atoms with E-state index in [-0.39, 0.29) is 0 Å². The van der Waals surface area contributed by atoms with Crippen molar-refractivity contribution in [2.75, 3.05) is 6.61 Å². The molecule has 2 heteroatoms. The second-order valence-corrected chi connectivity index (χ2v) is 5.22. The molecule has 1 aliphatic heterocycles. The van der Waals surface area contributed by atoms with Crippen LogP contribution < -0.4 is 0 Å². The van der Waals surface area contributed by atoms with Crippen molar-refractivity contribution in [3.63, 3.8) is 0 Å². The molecule has 0 aromatic carbocycles. The second-order valence-electron chi connectivity index (χ2n) is 3.93. The second kappa shape index (κ2) is 6.83. The Kier molecular flexibility index (Phi) is 6.05. The van der Waals surface area contributed by atoms with Gasteiger partial charge in [-0.3, -0.25) is 0 Å². The van der Waals surface area contributed by atoms with Crippen LogP contribution >= 0.6 is 15.9 Å². The Labute approximate surface area is 90.4 Å². The zero-order chi connectivity index (χ0) is 9.52. The first kappa shape index (κ1) is 11.5. The lowest BCUT2D eigenvalue weighted by atomic mass is 10.1. The Hall–Kier alpha value is 0.440. The Morgan fingerprint density at radius 2 is 2.31 bits per heavy atom. The molecule has 13 heavy (non-hydrogen) atoms. The van der Waals surface area contributed by atoms with E-state index in [1.165, 1.54) is 44.9 Å². The molecule has 0 spiro atoms. The van der Waals surface area contributed by atoms with Crippen molar-refractivity contribution in [3.05, 3.63) is 0 Å². The van der Waals surface area contributed by atoms with E-state index >= 15 is 0 Å². The Bertz CT molecular complexity index is 121. The summed E-state index contributed by atoms with van der Waals surface area (Å²) in [6.07, 6.45) is 9.71. The molecule has 0 aromatic rings. The van der Waals surface area contributed by atoms with E-state index in [0.717, 1.165) is 11.4 Å². The minimum Gasteiger partial charge on any atom is -0.378 e. The number of ether oxygens (including phenoxy) is 1. The monoisotopic (exact) mass is 248 g/mol. The Balaban J connectivity index is 1.88. The quantitative estimate of drug-likeness (QED) is 0.512. The van der Waals surface area contributed by atoms with Gasteiger partial charge in [0.1, 0.15) is 0 Å². The minimum absolute atomic E-state index is 0.593. The summed E-state index contributed by atoms with van der Waals surface area (Å²) in [6, 6.07) is 0. The van der Waals surface area contributed by atoms with Crippen LogP contribution in [0.5, 0.6) is 0 Å². The molecule has 2 atom stereocenters. The van der Waals surface area contributed by atoms with Crippen LogP contribution in [0.2, 0.25) is 0 Å². The van der Waals surface area contributed by atoms with E-state index in [9.17, 15) is 0 Å². The first-order valence-corrected chi connectivity index (χ1v) is 6.50. The molecule has 0 amide bonds. The molecule has 0 aliphatic carbocycles. The maximum absolute atomic E-state index is 5.57. The molecule has 1 nitrogen and oxygen atoms in total. The molecule has 1 aliphatic rings. The Morgan fingerprint density at radius 1 is 1.46 bits per heavy atom. The summed E-state index contributed by atoms with van der Waals surface area (Å²) in [4.78, 5) is 0.733. The average molecular weight is 249 g/mol. The van der Waals surface area contributed by atoms with Gasteiger partial charge in [0.15, 0.2) is 0 Å². The van der Waals surface area contributed by atoms with Crippen LogP contribution in [0.15, 0.2) is 0 Å². The fraction of sp³-hybridized carbons (Fsp3) is 1.00. The molecule has 1 rings (SSSR count). The average Bonchev–Trinajstić information content (AvgIpc) is 2.64. The van der Waals surface area contributed by atoms with Crippen molar-refractivity contribution >= 4 is 15.9 Å². The topological polar surface area (TPSA) is 9.23 Å². The van der Waals surface area contributed by atoms with E-state index < -0.39 is 0 Å². The highest BCUT2D eigenvalue weighted by molar-refractivity contribution is 9.09. The van der Waals surface area contributed by atoms with Crippen molar-refractivity contribution in [1.29, 1.82) is 0 Å². The van der Waals surface area contributed by atoms with Crippen molar-refractivity contribution in [2.24, 2.45) is 0 Å². The van der Waals surface area contributed by atoms with Gasteiger partial charge in [0.25, 0.3) is 0 Å². The smallest absolute Gasteiger partial charge is 0.0576 e. The predicted octanol–water partition coefficient (Wildman–Crippen LogP) is 3.90. The van der Waals surface area contributed by atoms with Gasteiger partial charge in [-0.2, -0.15) is 0 Å². The van der Waals surface area contributed by atoms with Crippen LogP contribution in [-0.2, 0) is 4.74 Å². The van der Waals surface area contributed by atoms with Gasteiger partial charge in [0, 0.05) is 11.4 Å². The van der Waals surface area contributed by atoms with Crippen LogP contribution in [0.25, 0.3) is 0 Å². The molecule has 1 fully saturated rings. The fourth-order valence-electron chi connectivity index (χ4n) is 1.81. The molecule has 1 saturated heterocycles. The zero-order valence-electron chi connectivity index (χ0n) is 8.60. The zero-order valence-corrected chi connectivity index (χ0v) is 10.2. The fourth-order valence-corrected chi connectivity index (χ4v) is 2.14. The molecule has 0 N–H and O–H groups in total. The van der Waals surface area contributed by atoms with Gasteiger partial charge >= 0.3 is 0 Å². The molecule has 0 radical (unpaired) electrons. The maximum atomic E-state index is 5.57. The predicted molar refractivity (Wildman–Crippen MR) is 60.4 cm³/mol. The molecule has 0 saturated carbocycles. The van der Waals surface area contributed by atoms with Gasteiger partial charge in [0.2, 0.25) is 0 Å². The van der Waals surface area contributed by atoms with Gasteiger partial charge in [-0.25, -0.2) is 0 Å². The summed E-state index contributed by atoms with van der Waals surface area (Å²) in [6.45, 7) is 3.24. The summed E-state index contributed by atoms with van der Waals surface area (Å²) in [5.74, 6) is 0. The highest BCUT2D eigenvalue weighted by Gasteiger charge is 2.14. The lowest BCUT2D eigenvalue weighted by Crippen LogP contribution is -2.04.